The van der Waals surface area contributed by atoms with Crippen LogP contribution in [0.25, 0.3) is 49.9 Å². The summed E-state index contributed by atoms with van der Waals surface area (Å²) in [5.41, 5.74) is 8.72. The lowest BCUT2D eigenvalue weighted by Crippen LogP contribution is -1.91. The second-order valence-electron chi connectivity index (χ2n) is 7.53. The Morgan fingerprint density at radius 1 is 0.516 bits per heavy atom. The van der Waals surface area contributed by atoms with Crippen LogP contribution in [-0.4, -0.2) is 19.6 Å². The number of hydrogen-bond acceptors (Lipinski definition) is 3. The number of nitrogens with zero attached hydrogens (tertiary/aromatic N) is 4. The summed E-state index contributed by atoms with van der Waals surface area (Å²) in [4.78, 5) is 8.33. The molecule has 0 saturated carbocycles. The van der Waals surface area contributed by atoms with Crippen molar-refractivity contribution in [1.82, 2.24) is 19.6 Å². The van der Waals surface area contributed by atoms with Crippen LogP contribution in [0.1, 0.15) is 0 Å². The summed E-state index contributed by atoms with van der Waals surface area (Å²) in [5, 5.41) is 6.15. The van der Waals surface area contributed by atoms with E-state index >= 15 is 0 Å². The summed E-state index contributed by atoms with van der Waals surface area (Å²) in [6.45, 7) is 0. The van der Waals surface area contributed by atoms with Gasteiger partial charge in [-0.15, -0.1) is 0 Å². The van der Waals surface area contributed by atoms with E-state index in [1.54, 1.807) is 0 Å². The van der Waals surface area contributed by atoms with Crippen molar-refractivity contribution in [1.29, 1.82) is 0 Å². The molecule has 0 atom stereocenters. The minimum atomic E-state index is 0.947. The molecule has 146 valence electrons. The molecule has 4 aromatic heterocycles. The molecule has 0 amide bonds. The normalized spacial score (nSPS) is 11.2. The van der Waals surface area contributed by atoms with Gasteiger partial charge in [-0.05, 0) is 82.9 Å². The summed E-state index contributed by atoms with van der Waals surface area (Å²) in [7, 11) is 0. The molecule has 0 aliphatic rings. The number of benzene rings is 2. The zero-order valence-corrected chi connectivity index (χ0v) is 16.7. The third-order valence-electron chi connectivity index (χ3n) is 5.59. The fraction of sp³-hybridized carbons (Fsp3) is 0. The van der Waals surface area contributed by atoms with Gasteiger partial charge in [0.2, 0.25) is 0 Å². The molecule has 4 heteroatoms. The minimum absolute atomic E-state index is 0.947. The number of para-hydroxylation sites is 1. The van der Waals surface area contributed by atoms with E-state index in [0.717, 1.165) is 44.5 Å². The Balaban J connectivity index is 1.58. The predicted octanol–water partition coefficient (Wildman–Crippen LogP) is 6.28. The van der Waals surface area contributed by atoms with Crippen molar-refractivity contribution < 1.29 is 0 Å². The van der Waals surface area contributed by atoms with Crippen LogP contribution in [0.15, 0.2) is 110 Å². The number of fused-ring (bicyclic) bond motifs is 3. The van der Waals surface area contributed by atoms with E-state index in [9.17, 15) is 0 Å². The Morgan fingerprint density at radius 3 is 1.81 bits per heavy atom. The van der Waals surface area contributed by atoms with Gasteiger partial charge < -0.3 is 0 Å². The maximum Gasteiger partial charge on any atom is 0.0934 e. The summed E-state index contributed by atoms with van der Waals surface area (Å²) in [6, 6.07) is 29.5. The van der Waals surface area contributed by atoms with Gasteiger partial charge in [0.05, 0.1) is 16.7 Å². The van der Waals surface area contributed by atoms with Crippen LogP contribution < -0.4 is 0 Å². The molecule has 0 unspecified atom stereocenters. The molecule has 0 aliphatic heterocycles. The third-order valence-corrected chi connectivity index (χ3v) is 5.59. The quantitative estimate of drug-likeness (QED) is 0.352. The highest BCUT2D eigenvalue weighted by atomic mass is 15.2. The highest BCUT2D eigenvalue weighted by Gasteiger charge is 2.11. The molecule has 6 rings (SSSR count). The van der Waals surface area contributed by atoms with Crippen LogP contribution in [0.5, 0.6) is 0 Å². The summed E-state index contributed by atoms with van der Waals surface area (Å²) in [6.07, 6.45) is 7.30. The van der Waals surface area contributed by atoms with Crippen molar-refractivity contribution in [2.75, 3.05) is 0 Å². The van der Waals surface area contributed by atoms with Gasteiger partial charge >= 0.3 is 0 Å². The Morgan fingerprint density at radius 2 is 1.13 bits per heavy atom. The Bertz CT molecular complexity index is 1460. The standard InChI is InChI=1S/C27H18N4/c1-2-4-27-21(3-1)5-6-25-18-26(30-31(25)27)24-16-22(19-7-11-28-12-8-19)15-23(17-24)20-9-13-29-14-10-20/h1-18H. The molecular formula is C27H18N4. The molecule has 0 N–H and O–H groups in total. The average Bonchev–Trinajstić information content (AvgIpc) is 3.30. The first-order valence-electron chi connectivity index (χ1n) is 10.2. The van der Waals surface area contributed by atoms with Crippen molar-refractivity contribution in [2.24, 2.45) is 0 Å². The lowest BCUT2D eigenvalue weighted by Gasteiger charge is -2.09. The van der Waals surface area contributed by atoms with E-state index in [2.05, 4.69) is 70.6 Å². The van der Waals surface area contributed by atoms with Crippen molar-refractivity contribution in [3.8, 4) is 33.5 Å². The van der Waals surface area contributed by atoms with Crippen LogP contribution in [-0.2, 0) is 0 Å². The average molecular weight is 398 g/mol. The molecule has 0 spiro atoms. The van der Waals surface area contributed by atoms with E-state index in [1.165, 1.54) is 5.39 Å². The van der Waals surface area contributed by atoms with Crippen LogP contribution in [0.2, 0.25) is 0 Å². The monoisotopic (exact) mass is 398 g/mol. The Hall–Kier alpha value is -4.31. The number of aromatic nitrogens is 4. The highest BCUT2D eigenvalue weighted by molar-refractivity contribution is 5.85. The molecule has 0 saturated heterocycles. The van der Waals surface area contributed by atoms with Crippen molar-refractivity contribution in [3.05, 3.63) is 110 Å². The van der Waals surface area contributed by atoms with Crippen molar-refractivity contribution in [3.63, 3.8) is 0 Å². The van der Waals surface area contributed by atoms with Crippen LogP contribution in [0.3, 0.4) is 0 Å². The first-order chi connectivity index (χ1) is 15.3. The van der Waals surface area contributed by atoms with E-state index in [0.29, 0.717) is 0 Å². The summed E-state index contributed by atoms with van der Waals surface area (Å²) < 4.78 is 2.02. The van der Waals surface area contributed by atoms with Crippen molar-refractivity contribution >= 4 is 16.4 Å². The van der Waals surface area contributed by atoms with Gasteiger partial charge in [-0.25, -0.2) is 4.52 Å². The largest absolute Gasteiger partial charge is 0.265 e. The van der Waals surface area contributed by atoms with Gasteiger partial charge in [0.15, 0.2) is 0 Å². The second-order valence-corrected chi connectivity index (χ2v) is 7.53. The van der Waals surface area contributed by atoms with Gasteiger partial charge in [0, 0.05) is 35.7 Å². The van der Waals surface area contributed by atoms with Crippen molar-refractivity contribution in [2.45, 2.75) is 0 Å². The lowest BCUT2D eigenvalue weighted by atomic mass is 9.96. The maximum atomic E-state index is 4.97. The molecule has 4 heterocycles. The molecule has 31 heavy (non-hydrogen) atoms. The van der Waals surface area contributed by atoms with E-state index < -0.39 is 0 Å². The van der Waals surface area contributed by atoms with Gasteiger partial charge in [0.25, 0.3) is 0 Å². The topological polar surface area (TPSA) is 43.1 Å². The molecule has 0 radical (unpaired) electrons. The molecule has 0 bridgehead atoms. The fourth-order valence-electron chi connectivity index (χ4n) is 4.04. The predicted molar refractivity (Wildman–Crippen MR) is 125 cm³/mol. The van der Waals surface area contributed by atoms with Crippen LogP contribution in [0, 0.1) is 0 Å². The van der Waals surface area contributed by atoms with Crippen LogP contribution in [0.4, 0.5) is 0 Å². The Kier molecular flexibility index (Phi) is 4.06. The molecule has 6 aromatic rings. The number of pyridine rings is 3. The highest BCUT2D eigenvalue weighted by Crippen LogP contribution is 2.33. The zero-order valence-electron chi connectivity index (χ0n) is 16.7. The smallest absolute Gasteiger partial charge is 0.0934 e. The SMILES string of the molecule is c1ccc2c(c1)ccc1cc(-c3cc(-c4ccncc4)cc(-c4ccncc4)c3)nn12. The number of rotatable bonds is 3. The van der Waals surface area contributed by atoms with E-state index in [4.69, 9.17) is 5.10 Å². The third kappa shape index (κ3) is 3.15. The maximum absolute atomic E-state index is 4.97. The zero-order chi connectivity index (χ0) is 20.6. The van der Waals surface area contributed by atoms with Gasteiger partial charge in [-0.3, -0.25) is 9.97 Å². The molecule has 2 aromatic carbocycles. The summed E-state index contributed by atoms with van der Waals surface area (Å²) >= 11 is 0. The lowest BCUT2D eigenvalue weighted by molar-refractivity contribution is 1.01. The summed E-state index contributed by atoms with van der Waals surface area (Å²) in [5.74, 6) is 0. The second kappa shape index (κ2) is 7.18. The molecule has 4 nitrogen and oxygen atoms in total. The van der Waals surface area contributed by atoms with Gasteiger partial charge in [0.1, 0.15) is 0 Å². The number of hydrogen-bond donors (Lipinski definition) is 0. The van der Waals surface area contributed by atoms with Gasteiger partial charge in [-0.2, -0.15) is 5.10 Å². The van der Waals surface area contributed by atoms with E-state index in [1.807, 2.05) is 53.6 Å². The Labute approximate surface area is 179 Å². The van der Waals surface area contributed by atoms with Crippen LogP contribution >= 0.6 is 0 Å². The minimum Gasteiger partial charge on any atom is -0.265 e. The van der Waals surface area contributed by atoms with E-state index in [-0.39, 0.29) is 0 Å². The molecule has 0 fully saturated rings. The molecular weight excluding hydrogens is 380 g/mol. The molecule has 0 aliphatic carbocycles. The fourth-order valence-corrected chi connectivity index (χ4v) is 4.04. The first-order valence-corrected chi connectivity index (χ1v) is 10.2. The van der Waals surface area contributed by atoms with Gasteiger partial charge in [-0.1, -0.05) is 24.3 Å². The first kappa shape index (κ1) is 17.5.